The van der Waals surface area contributed by atoms with Crippen molar-refractivity contribution < 1.29 is 78.7 Å². The van der Waals surface area contributed by atoms with Gasteiger partial charge in [-0.1, -0.05) is 142 Å². The van der Waals surface area contributed by atoms with Gasteiger partial charge in [0.05, 0.1) is 49.0 Å². The lowest BCUT2D eigenvalue weighted by atomic mass is 9.94. The molecule has 0 amide bonds. The summed E-state index contributed by atoms with van der Waals surface area (Å²) in [6, 6.07) is 38.3. The van der Waals surface area contributed by atoms with Gasteiger partial charge < -0.3 is 78.7 Å². The van der Waals surface area contributed by atoms with Gasteiger partial charge in [-0.25, -0.2) is 18.7 Å². The average molecular weight is 1210 g/mol. The first-order valence-corrected chi connectivity index (χ1v) is 29.2. The lowest BCUT2D eigenvalue weighted by Crippen LogP contribution is -2.69. The van der Waals surface area contributed by atoms with Gasteiger partial charge in [-0.2, -0.15) is 0 Å². The first-order valence-electron chi connectivity index (χ1n) is 29.2. The largest absolute Gasteiger partial charge is 0.387 e. The number of aromatic nitrogens is 12. The van der Waals surface area contributed by atoms with E-state index >= 15 is 0 Å². The van der Waals surface area contributed by atoms with Gasteiger partial charge in [-0.05, 0) is 22.3 Å². The predicted octanol–water partition coefficient (Wildman–Crippen LogP) is -1.14. The highest BCUT2D eigenvalue weighted by molar-refractivity contribution is 5.23. The molecule has 15 heterocycles. The van der Waals surface area contributed by atoms with E-state index in [4.69, 9.17) is 37.9 Å². The van der Waals surface area contributed by atoms with Gasteiger partial charge in [0.1, 0.15) is 97.7 Å². The number of aliphatic hydroxyl groups excluding tert-OH is 8. The van der Waals surface area contributed by atoms with Gasteiger partial charge in [0.15, 0.2) is 25.2 Å². The molecule has 4 aromatic heterocycles. The van der Waals surface area contributed by atoms with E-state index in [1.165, 1.54) is 18.7 Å². The van der Waals surface area contributed by atoms with Crippen molar-refractivity contribution in [2.45, 2.75) is 175 Å². The standard InChI is InChI=1S/C60H68N12O16/c73-45-49(77)57-81-41(29-69-25-37(61-65-69)21-33-13-5-1-6-14-33)53(45)85-58-50(78)46(74)55(43(82-58)31-71-27-39(63-67-71)23-35-17-9-3-10-18-35)87-60-52(80)48(76)56(44(84-60)32-72-28-40(64-68-72)24-36-19-11-4-12-20-36)88-59-51(79)47(75)54(86-57)42(83-59)30-70-26-38(62-66-70)22-34-15-7-2-8-16-34/h1-20,25-28,41-60,73-80H,21-24,29-32H2/t41-,42-,43-,44-,45-,46-,47-,48-,49-,50-,51-,52-,53-,54-,55-,56-,57-,58-,59-,60-/m0/s1. The number of rotatable bonds is 16. The fraction of sp³-hybridized carbons (Fsp3) is 0.467. The van der Waals surface area contributed by atoms with Crippen molar-refractivity contribution in [3.63, 3.8) is 0 Å². The minimum absolute atomic E-state index is 0.223. The van der Waals surface area contributed by atoms with Crippen molar-refractivity contribution in [2.24, 2.45) is 0 Å². The molecule has 11 fully saturated rings. The third-order valence-electron chi connectivity index (χ3n) is 16.5. The molecular formula is C60H68N12O16. The summed E-state index contributed by atoms with van der Waals surface area (Å²) in [6.07, 6.45) is -26.4. The van der Waals surface area contributed by atoms with Crippen LogP contribution in [0.2, 0.25) is 0 Å². The second kappa shape index (κ2) is 26.5. The minimum atomic E-state index is -1.98. The van der Waals surface area contributed by atoms with Gasteiger partial charge >= 0.3 is 0 Å². The second-order valence-electron chi connectivity index (χ2n) is 22.9. The van der Waals surface area contributed by atoms with E-state index in [9.17, 15) is 40.9 Å². The van der Waals surface area contributed by atoms with E-state index in [1.54, 1.807) is 24.8 Å². The maximum Gasteiger partial charge on any atom is 0.187 e. The van der Waals surface area contributed by atoms with Crippen LogP contribution in [0.4, 0.5) is 0 Å². The fourth-order valence-corrected chi connectivity index (χ4v) is 11.9. The molecule has 11 saturated heterocycles. The third-order valence-corrected chi connectivity index (χ3v) is 16.5. The van der Waals surface area contributed by atoms with Crippen LogP contribution in [-0.4, -0.2) is 224 Å². The fourth-order valence-electron chi connectivity index (χ4n) is 11.9. The molecule has 0 aliphatic carbocycles. The van der Waals surface area contributed by atoms with Crippen LogP contribution < -0.4 is 0 Å². The Morgan fingerprint density at radius 1 is 0.273 bits per heavy atom. The van der Waals surface area contributed by atoms with Crippen molar-refractivity contribution >= 4 is 0 Å². The number of aliphatic hydroxyl groups is 8. The Morgan fingerprint density at radius 2 is 0.477 bits per heavy atom. The van der Waals surface area contributed by atoms with Crippen LogP contribution in [0.1, 0.15) is 45.0 Å². The molecule has 8 aromatic rings. The van der Waals surface area contributed by atoms with E-state index in [0.717, 1.165) is 22.3 Å². The van der Waals surface area contributed by atoms with Crippen LogP contribution in [0.15, 0.2) is 146 Å². The molecule has 464 valence electrons. The summed E-state index contributed by atoms with van der Waals surface area (Å²) in [6.45, 7) is -0.892. The van der Waals surface area contributed by atoms with E-state index in [2.05, 4.69) is 41.2 Å². The molecule has 88 heavy (non-hydrogen) atoms. The highest BCUT2D eigenvalue weighted by Crippen LogP contribution is 2.38. The molecule has 8 bridgehead atoms. The minimum Gasteiger partial charge on any atom is -0.387 e. The molecular weight excluding hydrogens is 1140 g/mol. The Hall–Kier alpha value is -7.20. The third kappa shape index (κ3) is 13.4. The SMILES string of the molecule is O[C@@H]1[C@@H]2O[C@@H]3[C@@H](O)[C@H](O)[C@H](O[C@@H]4[C@@H](O)[C@H](O)[C@H](O[C@@H]5[C@@H](O)[C@H](O)[C@H](O[C@H]([C@H]1O)[C@H](Cn1cc(Cc6ccccc6)nn1)O2)O[C@H]5Cn1cc(Cc2ccccc2)nn1)O[C@H]4Cn1cc(Cc2ccccc2)nn1)O[C@H]3Cn1cc(Cc2ccccc2)nn1. The topological polar surface area (TPSA) is 359 Å². The van der Waals surface area contributed by atoms with E-state index in [1.807, 2.05) is 121 Å². The van der Waals surface area contributed by atoms with E-state index < -0.39 is 123 Å². The zero-order chi connectivity index (χ0) is 60.4. The second-order valence-corrected chi connectivity index (χ2v) is 22.9. The molecule has 19 rings (SSSR count). The van der Waals surface area contributed by atoms with Crippen molar-refractivity contribution in [1.29, 1.82) is 0 Å². The maximum absolute atomic E-state index is 12.3. The van der Waals surface area contributed by atoms with E-state index in [-0.39, 0.29) is 26.2 Å². The van der Waals surface area contributed by atoms with Crippen molar-refractivity contribution in [3.8, 4) is 0 Å². The Balaban J connectivity index is 0.860. The Kier molecular flexibility index (Phi) is 18.0. The number of benzene rings is 4. The Morgan fingerprint density at radius 3 is 0.682 bits per heavy atom. The van der Waals surface area contributed by atoms with E-state index in [0.29, 0.717) is 48.5 Å². The van der Waals surface area contributed by atoms with Crippen molar-refractivity contribution in [3.05, 3.63) is 191 Å². The molecule has 20 atom stereocenters. The normalized spacial score (nSPS) is 33.5. The summed E-state index contributed by atoms with van der Waals surface area (Å²) in [5.74, 6) is 0. The lowest BCUT2D eigenvalue weighted by Gasteiger charge is -2.51. The highest BCUT2D eigenvalue weighted by atomic mass is 16.8. The van der Waals surface area contributed by atoms with Gasteiger partial charge in [0.2, 0.25) is 0 Å². The first-order chi connectivity index (χ1) is 42.8. The van der Waals surface area contributed by atoms with Crippen LogP contribution in [0, 0.1) is 0 Å². The van der Waals surface area contributed by atoms with Crippen LogP contribution in [-0.2, 0) is 89.8 Å². The number of nitrogens with zero attached hydrogens (tertiary/aromatic N) is 12. The molecule has 0 spiro atoms. The summed E-state index contributed by atoms with van der Waals surface area (Å²) < 4.78 is 58.0. The molecule has 0 unspecified atom stereocenters. The summed E-state index contributed by atoms with van der Waals surface area (Å²) in [5, 5.41) is 133. The van der Waals surface area contributed by atoms with Crippen molar-refractivity contribution in [2.75, 3.05) is 0 Å². The molecule has 4 aromatic carbocycles. The lowest BCUT2D eigenvalue weighted by molar-refractivity contribution is -0.402. The Bertz CT molecular complexity index is 3040. The van der Waals surface area contributed by atoms with Crippen molar-refractivity contribution in [1.82, 2.24) is 60.0 Å². The van der Waals surface area contributed by atoms with Gasteiger partial charge in [0.25, 0.3) is 0 Å². The number of hydrogen-bond donors (Lipinski definition) is 8. The maximum atomic E-state index is 12.3. The summed E-state index contributed by atoms with van der Waals surface area (Å²) >= 11 is 0. The van der Waals surface area contributed by atoms with Crippen LogP contribution in [0.25, 0.3) is 0 Å². The summed E-state index contributed by atoms with van der Waals surface area (Å²) in [7, 11) is 0. The van der Waals surface area contributed by atoms with Crippen LogP contribution in [0.5, 0.6) is 0 Å². The molecule has 28 nitrogen and oxygen atoms in total. The summed E-state index contributed by atoms with van der Waals surface area (Å²) in [5.41, 5.74) is 6.14. The van der Waals surface area contributed by atoms with Gasteiger partial charge in [0, 0.05) is 50.5 Å². The molecule has 8 N–H and O–H groups in total. The predicted molar refractivity (Wildman–Crippen MR) is 299 cm³/mol. The monoisotopic (exact) mass is 1210 g/mol. The zero-order valence-corrected chi connectivity index (χ0v) is 47.3. The van der Waals surface area contributed by atoms with Crippen LogP contribution in [0.3, 0.4) is 0 Å². The molecule has 28 heteroatoms. The molecule has 11 aliphatic heterocycles. The number of hydrogen-bond acceptors (Lipinski definition) is 24. The number of ether oxygens (including phenoxy) is 8. The zero-order valence-electron chi connectivity index (χ0n) is 47.3. The quantitative estimate of drug-likeness (QED) is 0.0567. The molecule has 0 saturated carbocycles. The molecule has 0 radical (unpaired) electrons. The highest BCUT2D eigenvalue weighted by Gasteiger charge is 2.57. The molecule has 11 aliphatic rings. The van der Waals surface area contributed by atoms with Gasteiger partial charge in [-0.15, -0.1) is 20.4 Å². The summed E-state index contributed by atoms with van der Waals surface area (Å²) in [4.78, 5) is 0. The average Bonchev–Trinajstić information content (AvgIpc) is 2.31. The van der Waals surface area contributed by atoms with Crippen LogP contribution >= 0.6 is 0 Å². The Labute approximate surface area is 502 Å². The first kappa shape index (κ1) is 59.7. The van der Waals surface area contributed by atoms with Gasteiger partial charge in [-0.3, -0.25) is 0 Å². The smallest absolute Gasteiger partial charge is 0.187 e.